The number of hydrogen-bond donors (Lipinski definition) is 1. The fourth-order valence-corrected chi connectivity index (χ4v) is 4.08. The monoisotopic (exact) mass is 453 g/mol. The van der Waals surface area contributed by atoms with E-state index in [9.17, 15) is 13.2 Å². The molecule has 2 aromatic heterocycles. The van der Waals surface area contributed by atoms with Crippen molar-refractivity contribution in [3.8, 4) is 11.1 Å². The van der Waals surface area contributed by atoms with Crippen LogP contribution in [0.15, 0.2) is 60.9 Å². The minimum atomic E-state index is -4.44. The molecule has 0 amide bonds. The molecule has 0 unspecified atom stereocenters. The fourth-order valence-electron chi connectivity index (χ4n) is 4.08. The first kappa shape index (κ1) is 21.3. The molecule has 170 valence electrons. The third kappa shape index (κ3) is 4.36. The molecule has 1 aliphatic heterocycles. The number of alkyl halides is 3. The maximum atomic E-state index is 13.6. The Kier molecular flexibility index (Phi) is 5.41. The standard InChI is InChI=1S/C24H22F3N5O/c1-31-21-5-2-16(12-18(21)15-29-31)17-6-7-28-23(13-17)30-19-3-4-20(24(25,26)27)22(14-19)32-8-10-33-11-9-32/h2-7,12-15H,8-11H2,1H3,(H,28,30). The van der Waals surface area contributed by atoms with Gasteiger partial charge in [-0.3, -0.25) is 4.68 Å². The van der Waals surface area contributed by atoms with Crippen molar-refractivity contribution in [3.05, 3.63) is 66.5 Å². The van der Waals surface area contributed by atoms with Gasteiger partial charge in [-0.1, -0.05) is 6.07 Å². The number of morpholine rings is 1. The van der Waals surface area contributed by atoms with Gasteiger partial charge in [-0.15, -0.1) is 0 Å². The maximum absolute atomic E-state index is 13.6. The molecule has 0 atom stereocenters. The highest BCUT2D eigenvalue weighted by Crippen LogP contribution is 2.39. The number of rotatable bonds is 4. The van der Waals surface area contributed by atoms with E-state index in [1.807, 2.05) is 42.2 Å². The van der Waals surface area contributed by atoms with E-state index in [0.717, 1.165) is 28.1 Å². The van der Waals surface area contributed by atoms with E-state index in [-0.39, 0.29) is 5.69 Å². The van der Waals surface area contributed by atoms with Crippen LogP contribution >= 0.6 is 0 Å². The van der Waals surface area contributed by atoms with Crippen molar-refractivity contribution < 1.29 is 17.9 Å². The molecule has 1 saturated heterocycles. The molecule has 1 fully saturated rings. The van der Waals surface area contributed by atoms with Crippen molar-refractivity contribution >= 4 is 28.1 Å². The lowest BCUT2D eigenvalue weighted by Crippen LogP contribution is -2.37. The Labute approximate surface area is 188 Å². The van der Waals surface area contributed by atoms with Crippen molar-refractivity contribution in [1.29, 1.82) is 0 Å². The molecule has 0 radical (unpaired) electrons. The molecule has 0 saturated carbocycles. The van der Waals surface area contributed by atoms with Crippen molar-refractivity contribution in [2.75, 3.05) is 36.5 Å². The summed E-state index contributed by atoms with van der Waals surface area (Å²) in [6, 6.07) is 13.9. The first-order valence-electron chi connectivity index (χ1n) is 10.6. The Bertz CT molecular complexity index is 1290. The molecule has 9 heteroatoms. The molecule has 6 nitrogen and oxygen atoms in total. The van der Waals surface area contributed by atoms with Gasteiger partial charge >= 0.3 is 6.18 Å². The van der Waals surface area contributed by atoms with E-state index >= 15 is 0 Å². The number of nitrogens with zero attached hydrogens (tertiary/aromatic N) is 4. The molecule has 1 N–H and O–H groups in total. The van der Waals surface area contributed by atoms with Crippen molar-refractivity contribution in [2.45, 2.75) is 6.18 Å². The predicted molar refractivity (Wildman–Crippen MR) is 122 cm³/mol. The second-order valence-corrected chi connectivity index (χ2v) is 7.93. The van der Waals surface area contributed by atoms with Crippen LogP contribution in [0.3, 0.4) is 0 Å². The Morgan fingerprint density at radius 2 is 1.76 bits per heavy atom. The molecule has 0 spiro atoms. The Hall–Kier alpha value is -3.59. The van der Waals surface area contributed by atoms with Crippen LogP contribution in [0.1, 0.15) is 5.56 Å². The van der Waals surface area contributed by atoms with Gasteiger partial charge in [0.1, 0.15) is 5.82 Å². The number of ether oxygens (including phenoxy) is 1. The third-order valence-corrected chi connectivity index (χ3v) is 5.77. The van der Waals surface area contributed by atoms with Gasteiger partial charge in [0.05, 0.1) is 36.2 Å². The van der Waals surface area contributed by atoms with Crippen LogP contribution in [0, 0.1) is 0 Å². The lowest BCUT2D eigenvalue weighted by Gasteiger charge is -2.31. The van der Waals surface area contributed by atoms with Crippen LogP contribution < -0.4 is 10.2 Å². The number of benzene rings is 2. The zero-order chi connectivity index (χ0) is 23.0. The average Bonchev–Trinajstić information content (AvgIpc) is 3.19. The lowest BCUT2D eigenvalue weighted by molar-refractivity contribution is -0.137. The smallest absolute Gasteiger partial charge is 0.378 e. The molecule has 3 heterocycles. The second-order valence-electron chi connectivity index (χ2n) is 7.93. The van der Waals surface area contributed by atoms with Crippen LogP contribution in [0.2, 0.25) is 0 Å². The Balaban J connectivity index is 1.45. The number of fused-ring (bicyclic) bond motifs is 1. The summed E-state index contributed by atoms with van der Waals surface area (Å²) >= 11 is 0. The largest absolute Gasteiger partial charge is 0.418 e. The summed E-state index contributed by atoms with van der Waals surface area (Å²) in [5.41, 5.74) is 3.01. The van der Waals surface area contributed by atoms with E-state index in [4.69, 9.17) is 4.74 Å². The van der Waals surface area contributed by atoms with Crippen molar-refractivity contribution in [2.24, 2.45) is 7.05 Å². The van der Waals surface area contributed by atoms with E-state index in [0.29, 0.717) is 37.8 Å². The minimum absolute atomic E-state index is 0.147. The molecule has 33 heavy (non-hydrogen) atoms. The molecular weight excluding hydrogens is 431 g/mol. The van der Waals surface area contributed by atoms with Gasteiger partial charge in [0.2, 0.25) is 0 Å². The fraction of sp³-hybridized carbons (Fsp3) is 0.250. The van der Waals surface area contributed by atoms with E-state index in [1.54, 1.807) is 11.1 Å². The zero-order valence-electron chi connectivity index (χ0n) is 17.9. The highest BCUT2D eigenvalue weighted by molar-refractivity contribution is 5.85. The summed E-state index contributed by atoms with van der Waals surface area (Å²) in [4.78, 5) is 6.07. The van der Waals surface area contributed by atoms with Gasteiger partial charge in [-0.2, -0.15) is 18.3 Å². The van der Waals surface area contributed by atoms with Gasteiger partial charge in [0, 0.05) is 37.4 Å². The number of nitrogens with one attached hydrogen (secondary N) is 1. The summed E-state index contributed by atoms with van der Waals surface area (Å²) in [7, 11) is 1.89. The van der Waals surface area contributed by atoms with Gasteiger partial charge in [-0.25, -0.2) is 4.98 Å². The summed E-state index contributed by atoms with van der Waals surface area (Å²) < 4.78 is 48.0. The third-order valence-electron chi connectivity index (χ3n) is 5.77. The highest BCUT2D eigenvalue weighted by Gasteiger charge is 2.35. The van der Waals surface area contributed by atoms with Gasteiger partial charge in [0.15, 0.2) is 0 Å². The van der Waals surface area contributed by atoms with Gasteiger partial charge in [0.25, 0.3) is 0 Å². The first-order valence-corrected chi connectivity index (χ1v) is 10.6. The van der Waals surface area contributed by atoms with Crippen LogP contribution in [0.25, 0.3) is 22.0 Å². The SMILES string of the molecule is Cn1ncc2cc(-c3ccnc(Nc4ccc(C(F)(F)F)c(N5CCOCC5)c4)c3)ccc21. The Morgan fingerprint density at radius 3 is 2.55 bits per heavy atom. The molecule has 1 aliphatic rings. The van der Waals surface area contributed by atoms with Crippen molar-refractivity contribution in [3.63, 3.8) is 0 Å². The number of anilines is 3. The van der Waals surface area contributed by atoms with Gasteiger partial charge < -0.3 is 15.0 Å². The zero-order valence-corrected chi connectivity index (χ0v) is 17.9. The van der Waals surface area contributed by atoms with Gasteiger partial charge in [-0.05, 0) is 53.6 Å². The normalized spacial score (nSPS) is 14.6. The number of aryl methyl sites for hydroxylation is 1. The average molecular weight is 453 g/mol. The molecular formula is C24H22F3N5O. The number of pyridine rings is 1. The Morgan fingerprint density at radius 1 is 0.970 bits per heavy atom. The molecule has 5 rings (SSSR count). The van der Waals surface area contributed by atoms with Crippen LogP contribution in [0.4, 0.5) is 30.4 Å². The lowest BCUT2D eigenvalue weighted by atomic mass is 10.1. The summed E-state index contributed by atoms with van der Waals surface area (Å²) in [5.74, 6) is 0.548. The topological polar surface area (TPSA) is 55.2 Å². The van der Waals surface area contributed by atoms with E-state index < -0.39 is 11.7 Å². The quantitative estimate of drug-likeness (QED) is 0.458. The maximum Gasteiger partial charge on any atom is 0.418 e. The molecule has 0 bridgehead atoms. The highest BCUT2D eigenvalue weighted by atomic mass is 19.4. The van der Waals surface area contributed by atoms with Crippen LogP contribution in [-0.2, 0) is 18.0 Å². The van der Waals surface area contributed by atoms with Crippen molar-refractivity contribution in [1.82, 2.24) is 14.8 Å². The first-order chi connectivity index (χ1) is 15.9. The van der Waals surface area contributed by atoms with E-state index in [1.165, 1.54) is 12.1 Å². The van der Waals surface area contributed by atoms with Crippen LogP contribution in [-0.4, -0.2) is 41.1 Å². The number of halogens is 3. The summed E-state index contributed by atoms with van der Waals surface area (Å²) in [6.07, 6.45) is -0.943. The molecule has 0 aliphatic carbocycles. The molecule has 4 aromatic rings. The summed E-state index contributed by atoms with van der Waals surface area (Å²) in [6.45, 7) is 1.63. The molecule has 2 aromatic carbocycles. The number of aromatic nitrogens is 3. The van der Waals surface area contributed by atoms with E-state index in [2.05, 4.69) is 21.5 Å². The minimum Gasteiger partial charge on any atom is -0.378 e. The number of hydrogen-bond acceptors (Lipinski definition) is 5. The second kappa shape index (κ2) is 8.40. The predicted octanol–water partition coefficient (Wildman–Crippen LogP) is 5.23. The summed E-state index contributed by atoms with van der Waals surface area (Å²) in [5, 5.41) is 8.46. The van der Waals surface area contributed by atoms with Crippen LogP contribution in [0.5, 0.6) is 0 Å².